The van der Waals surface area contributed by atoms with Crippen molar-refractivity contribution in [2.45, 2.75) is 37.6 Å². The number of imidazole rings is 1. The first kappa shape index (κ1) is 20.8. The summed E-state index contributed by atoms with van der Waals surface area (Å²) in [5.41, 5.74) is 1.97. The van der Waals surface area contributed by atoms with Crippen molar-refractivity contribution >= 4 is 51.3 Å². The smallest absolute Gasteiger partial charge is 0.285 e. The molecular weight excluding hydrogens is 432 g/mol. The highest BCUT2D eigenvalue weighted by molar-refractivity contribution is 7.98. The van der Waals surface area contributed by atoms with E-state index in [0.717, 1.165) is 9.86 Å². The Labute approximate surface area is 179 Å². The number of carboxylic acids is 1. The number of thioether (sulfide) groups is 1. The number of β-lactam (4-membered cyclic amide) rings is 1. The molecule has 4 atom stereocenters. The molecule has 1 fully saturated rings. The molecule has 10 nitrogen and oxygen atoms in total. The van der Waals surface area contributed by atoms with Gasteiger partial charge in [0.05, 0.1) is 34.6 Å². The van der Waals surface area contributed by atoms with Crippen LogP contribution in [0, 0.1) is 11.8 Å². The molecule has 0 aromatic carbocycles. The van der Waals surface area contributed by atoms with Crippen molar-refractivity contribution in [3.05, 3.63) is 23.1 Å². The van der Waals surface area contributed by atoms with Gasteiger partial charge in [0.2, 0.25) is 15.8 Å². The zero-order valence-electron chi connectivity index (χ0n) is 16.4. The zero-order chi connectivity index (χ0) is 21.9. The van der Waals surface area contributed by atoms with Crippen molar-refractivity contribution in [2.75, 3.05) is 6.26 Å². The number of nitrogens with zero attached hydrogens (tertiary/aromatic N) is 3. The van der Waals surface area contributed by atoms with E-state index in [9.17, 15) is 24.6 Å². The molecule has 2 aromatic heterocycles. The molecule has 160 valence electrons. The lowest BCUT2D eigenvalue weighted by atomic mass is 9.77. The largest absolute Gasteiger partial charge is 0.543 e. The summed E-state index contributed by atoms with van der Waals surface area (Å²) in [5, 5.41) is 31.5. The summed E-state index contributed by atoms with van der Waals surface area (Å²) in [6.07, 6.45) is 4.43. The predicted octanol–water partition coefficient (Wildman–Crippen LogP) is -1.17. The van der Waals surface area contributed by atoms with E-state index in [0.29, 0.717) is 10.5 Å². The Morgan fingerprint density at radius 2 is 2.17 bits per heavy atom. The maximum atomic E-state index is 12.5. The third kappa shape index (κ3) is 2.86. The number of aliphatic hydroxyl groups excluding tert-OH is 1. The third-order valence-electron chi connectivity index (χ3n) is 5.67. The average molecular weight is 453 g/mol. The molecule has 4 heterocycles. The van der Waals surface area contributed by atoms with Crippen LogP contribution >= 0.6 is 23.1 Å². The molecule has 30 heavy (non-hydrogen) atoms. The number of nitrogens with one attached hydrogen (secondary N) is 1. The number of hydrogen-bond donors (Lipinski definition) is 3. The Hall–Kier alpha value is -2.41. The summed E-state index contributed by atoms with van der Waals surface area (Å²) in [6.45, 7) is 3.31. The van der Waals surface area contributed by atoms with Crippen LogP contribution in [0.5, 0.6) is 0 Å². The number of hydroxylamine groups is 1. The molecule has 2 aliphatic heterocycles. The summed E-state index contributed by atoms with van der Waals surface area (Å²) >= 11 is 2.76. The maximum Gasteiger partial charge on any atom is 0.285 e. The van der Waals surface area contributed by atoms with E-state index in [1.165, 1.54) is 34.9 Å². The second-order valence-electron chi connectivity index (χ2n) is 7.40. The summed E-state index contributed by atoms with van der Waals surface area (Å²) in [7, 11) is 0. The number of aliphatic carboxylic acids is 1. The first-order valence-corrected chi connectivity index (χ1v) is 11.2. The second kappa shape index (κ2) is 7.38. The minimum Gasteiger partial charge on any atom is -0.543 e. The summed E-state index contributed by atoms with van der Waals surface area (Å²) in [5.74, 6) is -3.32. The summed E-state index contributed by atoms with van der Waals surface area (Å²) in [4.78, 5) is 38.7. The number of aliphatic hydroxyl groups is 1. The van der Waals surface area contributed by atoms with Crippen LogP contribution in [-0.2, 0) is 20.9 Å². The van der Waals surface area contributed by atoms with Gasteiger partial charge in [-0.15, -0.1) is 0 Å². The molecule has 0 saturated carbocycles. The van der Waals surface area contributed by atoms with Gasteiger partial charge < -0.3 is 19.9 Å². The minimum atomic E-state index is -1.42. The van der Waals surface area contributed by atoms with Crippen LogP contribution in [0.2, 0.25) is 0 Å². The summed E-state index contributed by atoms with van der Waals surface area (Å²) in [6, 6.07) is -0.417. The Balaban J connectivity index is 1.80. The first-order valence-electron chi connectivity index (χ1n) is 9.19. The monoisotopic (exact) mass is 452 g/mol. The lowest BCUT2D eigenvalue weighted by Gasteiger charge is -2.47. The molecule has 12 heteroatoms. The number of carbonyl (C=O) groups is 3. The number of amides is 2. The molecule has 2 aromatic rings. The molecule has 2 amide bonds. The summed E-state index contributed by atoms with van der Waals surface area (Å²) < 4.78 is 3.46. The quantitative estimate of drug-likeness (QED) is 0.165. The number of rotatable bonds is 6. The Kier molecular flexibility index (Phi) is 5.12. The lowest BCUT2D eigenvalue weighted by molar-refractivity contribution is -0.718. The average Bonchev–Trinajstić information content (AvgIpc) is 3.28. The molecule has 0 aliphatic carbocycles. The fourth-order valence-electron chi connectivity index (χ4n) is 4.45. The van der Waals surface area contributed by atoms with Gasteiger partial charge in [-0.3, -0.25) is 14.8 Å². The number of thiazole rings is 1. The SMILES string of the molecule is CSc1c2sc(C3=C(C(=O)[O-])N4C(=O)[C@H]([C@@H](C)O)[C@H]4[C@H]3C)cn2c[n+]1CC(=O)NO. The van der Waals surface area contributed by atoms with Crippen LogP contribution in [-0.4, -0.2) is 55.8 Å². The van der Waals surface area contributed by atoms with Crippen molar-refractivity contribution in [1.82, 2.24) is 14.8 Å². The van der Waals surface area contributed by atoms with Crippen LogP contribution in [0.1, 0.15) is 18.7 Å². The van der Waals surface area contributed by atoms with Gasteiger partial charge in [0.15, 0.2) is 6.54 Å². The van der Waals surface area contributed by atoms with E-state index in [1.54, 1.807) is 27.0 Å². The van der Waals surface area contributed by atoms with E-state index >= 15 is 0 Å². The highest BCUT2D eigenvalue weighted by Crippen LogP contribution is 2.51. The van der Waals surface area contributed by atoms with Gasteiger partial charge in [-0.25, -0.2) is 10.0 Å². The number of carboxylic acid groups (broad SMARTS) is 1. The number of aromatic nitrogens is 2. The lowest BCUT2D eigenvalue weighted by Crippen LogP contribution is -2.64. The van der Waals surface area contributed by atoms with E-state index in [1.807, 2.05) is 13.2 Å². The van der Waals surface area contributed by atoms with Crippen molar-refractivity contribution in [3.8, 4) is 0 Å². The first-order chi connectivity index (χ1) is 14.2. The molecule has 0 bridgehead atoms. The molecule has 4 rings (SSSR count). The molecule has 2 aliphatic rings. The van der Waals surface area contributed by atoms with E-state index in [2.05, 4.69) is 0 Å². The Morgan fingerprint density at radius 1 is 1.47 bits per heavy atom. The fourth-order valence-corrected chi connectivity index (χ4v) is 6.63. The van der Waals surface area contributed by atoms with Gasteiger partial charge in [0, 0.05) is 11.5 Å². The second-order valence-corrected chi connectivity index (χ2v) is 9.22. The highest BCUT2D eigenvalue weighted by atomic mass is 32.2. The predicted molar refractivity (Wildman–Crippen MR) is 104 cm³/mol. The van der Waals surface area contributed by atoms with Crippen LogP contribution in [0.15, 0.2) is 23.2 Å². The van der Waals surface area contributed by atoms with Gasteiger partial charge in [-0.1, -0.05) is 30.0 Å². The number of hydrogen-bond acceptors (Lipinski definition) is 8. The van der Waals surface area contributed by atoms with Crippen molar-refractivity contribution in [1.29, 1.82) is 0 Å². The van der Waals surface area contributed by atoms with E-state index < -0.39 is 35.8 Å². The number of carbonyl (C=O) groups excluding carboxylic acids is 3. The van der Waals surface area contributed by atoms with Gasteiger partial charge >= 0.3 is 0 Å². The van der Waals surface area contributed by atoms with Crippen LogP contribution in [0.25, 0.3) is 10.4 Å². The third-order valence-corrected chi connectivity index (χ3v) is 7.75. The van der Waals surface area contributed by atoms with Crippen LogP contribution in [0.3, 0.4) is 0 Å². The molecule has 1 saturated heterocycles. The van der Waals surface area contributed by atoms with Crippen LogP contribution < -0.4 is 15.2 Å². The maximum absolute atomic E-state index is 12.5. The topological polar surface area (TPSA) is 138 Å². The Morgan fingerprint density at radius 3 is 2.73 bits per heavy atom. The fraction of sp³-hybridized carbons (Fsp3) is 0.444. The van der Waals surface area contributed by atoms with Gasteiger partial charge in [0.25, 0.3) is 12.2 Å². The van der Waals surface area contributed by atoms with Gasteiger partial charge in [-0.2, -0.15) is 4.40 Å². The van der Waals surface area contributed by atoms with Crippen molar-refractivity contribution < 1.29 is 34.4 Å². The molecule has 0 radical (unpaired) electrons. The Bertz CT molecular complexity index is 1100. The molecular formula is C18H20N4O6S2. The van der Waals surface area contributed by atoms with Crippen molar-refractivity contribution in [2.24, 2.45) is 11.8 Å². The molecule has 0 unspecified atom stereocenters. The van der Waals surface area contributed by atoms with E-state index in [4.69, 9.17) is 5.21 Å². The molecule has 0 spiro atoms. The van der Waals surface area contributed by atoms with Crippen LogP contribution in [0.4, 0.5) is 0 Å². The van der Waals surface area contributed by atoms with E-state index in [-0.39, 0.29) is 18.2 Å². The normalized spacial score (nSPS) is 24.2. The van der Waals surface area contributed by atoms with Gasteiger partial charge in [-0.05, 0) is 13.2 Å². The molecule has 3 N–H and O–H groups in total. The minimum absolute atomic E-state index is 0.0692. The zero-order valence-corrected chi connectivity index (χ0v) is 18.0. The number of fused-ring (bicyclic) bond motifs is 2. The van der Waals surface area contributed by atoms with Gasteiger partial charge in [0.1, 0.15) is 6.20 Å². The highest BCUT2D eigenvalue weighted by Gasteiger charge is 2.59. The van der Waals surface area contributed by atoms with Crippen molar-refractivity contribution in [3.63, 3.8) is 0 Å². The standard InChI is InChI=1S/C18H20N4O6S2/c1-7-11(14(18(26)27)22-13(7)12(8(2)23)15(22)25)9-4-20-6-21(5-10(24)19-28)16(29-3)17(20)30-9/h4,6-8,12-13,23H,5H2,1-3H3,(H2-,19,24,26,27,28)/t7-,8+,12+,13+/m0/s1.